The van der Waals surface area contributed by atoms with E-state index in [1.54, 1.807) is 4.90 Å². The number of amides is 1. The summed E-state index contributed by atoms with van der Waals surface area (Å²) < 4.78 is 41.4. The third-order valence-electron chi connectivity index (χ3n) is 5.27. The minimum atomic E-state index is -4.49. The van der Waals surface area contributed by atoms with Crippen LogP contribution in [-0.2, 0) is 19.3 Å². The molecule has 0 aliphatic rings. The Morgan fingerprint density at radius 2 is 1.81 bits per heavy atom. The third-order valence-corrected chi connectivity index (χ3v) is 5.51. The summed E-state index contributed by atoms with van der Waals surface area (Å²) in [5.74, 6) is -0.400. The molecule has 0 bridgehead atoms. The van der Waals surface area contributed by atoms with Crippen molar-refractivity contribution in [2.24, 2.45) is 0 Å². The van der Waals surface area contributed by atoms with Crippen molar-refractivity contribution >= 4 is 17.5 Å². The Kier molecular flexibility index (Phi) is 8.02. The van der Waals surface area contributed by atoms with Crippen molar-refractivity contribution in [1.29, 1.82) is 0 Å². The minimum absolute atomic E-state index is 0.0456. The molecule has 0 saturated carbocycles. The zero-order valence-electron chi connectivity index (χ0n) is 17.9. The molecule has 1 amide bonds. The van der Waals surface area contributed by atoms with Gasteiger partial charge >= 0.3 is 6.18 Å². The first-order chi connectivity index (χ1) is 15.3. The molecule has 170 valence electrons. The summed E-state index contributed by atoms with van der Waals surface area (Å²) >= 11 is 6.09. The largest absolute Gasteiger partial charge is 0.416 e. The minimum Gasteiger partial charge on any atom is -0.345 e. The van der Waals surface area contributed by atoms with Crippen LogP contribution in [0.2, 0.25) is 5.02 Å². The number of carbonyl (C=O) groups excluding carboxylic acids is 1. The average molecular weight is 463 g/mol. The van der Waals surface area contributed by atoms with Crippen LogP contribution < -0.4 is 0 Å². The van der Waals surface area contributed by atoms with Crippen molar-refractivity contribution in [1.82, 2.24) is 9.47 Å². The second kappa shape index (κ2) is 10.7. The summed E-state index contributed by atoms with van der Waals surface area (Å²) in [6, 6.07) is 16.0. The van der Waals surface area contributed by atoms with E-state index in [0.29, 0.717) is 24.7 Å². The van der Waals surface area contributed by atoms with Crippen molar-refractivity contribution in [3.63, 3.8) is 0 Å². The van der Waals surface area contributed by atoms with E-state index in [1.165, 1.54) is 12.1 Å². The Morgan fingerprint density at radius 3 is 2.53 bits per heavy atom. The zero-order valence-corrected chi connectivity index (χ0v) is 18.7. The molecule has 0 spiro atoms. The number of aromatic nitrogens is 1. The van der Waals surface area contributed by atoms with Crippen molar-refractivity contribution in [2.75, 3.05) is 6.54 Å². The van der Waals surface area contributed by atoms with Crippen molar-refractivity contribution in [3.8, 4) is 0 Å². The molecule has 0 saturated heterocycles. The zero-order chi connectivity index (χ0) is 23.1. The number of hydrogen-bond donors (Lipinski definition) is 0. The van der Waals surface area contributed by atoms with Gasteiger partial charge in [-0.2, -0.15) is 13.2 Å². The normalized spacial score (nSPS) is 11.5. The lowest BCUT2D eigenvalue weighted by molar-refractivity contribution is -0.137. The molecular formula is C25H26ClF3N2O. The van der Waals surface area contributed by atoms with Crippen LogP contribution in [0.5, 0.6) is 0 Å². The molecule has 3 rings (SSSR count). The van der Waals surface area contributed by atoms with E-state index >= 15 is 0 Å². The Bertz CT molecular complexity index is 1050. The van der Waals surface area contributed by atoms with Crippen LogP contribution in [0, 0.1) is 0 Å². The molecule has 0 aliphatic carbocycles. The molecule has 2 aromatic carbocycles. The summed E-state index contributed by atoms with van der Waals surface area (Å²) in [7, 11) is 0. The van der Waals surface area contributed by atoms with E-state index < -0.39 is 17.6 Å². The third kappa shape index (κ3) is 6.39. The molecule has 3 nitrogen and oxygen atoms in total. The van der Waals surface area contributed by atoms with E-state index in [9.17, 15) is 18.0 Å². The maximum atomic E-state index is 13.2. The van der Waals surface area contributed by atoms with Gasteiger partial charge in [-0.3, -0.25) is 4.79 Å². The fourth-order valence-electron chi connectivity index (χ4n) is 3.59. The molecule has 0 unspecified atom stereocenters. The highest BCUT2D eigenvalue weighted by molar-refractivity contribution is 6.30. The lowest BCUT2D eigenvalue weighted by Gasteiger charge is -2.24. The molecule has 32 heavy (non-hydrogen) atoms. The van der Waals surface area contributed by atoms with Crippen LogP contribution in [0.15, 0.2) is 66.9 Å². The maximum Gasteiger partial charge on any atom is 0.416 e. The standard InChI is InChI=1S/C25H26ClF3N2O/c1-2-3-4-13-31(24(32)20-9-6-10-21(16-20)25(27,28)29)18-23-12-7-14-30(23)17-19-8-5-11-22(26)15-19/h5-12,14-16H,2-4,13,17-18H2,1H3. The number of nitrogens with zero attached hydrogens (tertiary/aromatic N) is 2. The first kappa shape index (κ1) is 23.9. The van der Waals surface area contributed by atoms with Crippen LogP contribution >= 0.6 is 11.6 Å². The highest BCUT2D eigenvalue weighted by Crippen LogP contribution is 2.30. The van der Waals surface area contributed by atoms with Crippen molar-refractivity contribution in [2.45, 2.75) is 45.5 Å². The first-order valence-corrected chi connectivity index (χ1v) is 11.0. The molecule has 1 aromatic heterocycles. The van der Waals surface area contributed by atoms with Gasteiger partial charge in [0.05, 0.1) is 12.1 Å². The van der Waals surface area contributed by atoms with Crippen LogP contribution in [-0.4, -0.2) is 21.9 Å². The summed E-state index contributed by atoms with van der Waals surface area (Å²) in [5, 5.41) is 0.650. The second-order valence-corrected chi connectivity index (χ2v) is 8.21. The van der Waals surface area contributed by atoms with E-state index in [2.05, 4.69) is 6.92 Å². The van der Waals surface area contributed by atoms with Gasteiger partial charge in [0, 0.05) is 35.6 Å². The quantitative estimate of drug-likeness (QED) is 0.313. The van der Waals surface area contributed by atoms with Gasteiger partial charge in [0.25, 0.3) is 5.91 Å². The average Bonchev–Trinajstić information content (AvgIpc) is 3.18. The molecular weight excluding hydrogens is 437 g/mol. The van der Waals surface area contributed by atoms with Gasteiger partial charge in [0.2, 0.25) is 0 Å². The number of rotatable bonds is 9. The van der Waals surface area contributed by atoms with E-state index in [-0.39, 0.29) is 5.56 Å². The van der Waals surface area contributed by atoms with Gasteiger partial charge in [-0.1, -0.05) is 49.6 Å². The Labute approximate surface area is 191 Å². The molecule has 0 radical (unpaired) electrons. The van der Waals surface area contributed by atoms with E-state index in [4.69, 9.17) is 11.6 Å². The summed E-state index contributed by atoms with van der Waals surface area (Å²) in [4.78, 5) is 14.8. The summed E-state index contributed by atoms with van der Waals surface area (Å²) in [6.45, 7) is 3.44. The monoisotopic (exact) mass is 462 g/mol. The fourth-order valence-corrected chi connectivity index (χ4v) is 3.80. The molecule has 3 aromatic rings. The Balaban J connectivity index is 1.83. The summed E-state index contributed by atoms with van der Waals surface area (Å²) in [5.41, 5.74) is 1.16. The van der Waals surface area contributed by atoms with E-state index in [0.717, 1.165) is 42.7 Å². The predicted octanol–water partition coefficient (Wildman–Crippen LogP) is 7.04. The number of carbonyl (C=O) groups is 1. The van der Waals surface area contributed by atoms with Crippen LogP contribution in [0.3, 0.4) is 0 Å². The Hall–Kier alpha value is -2.73. The lowest BCUT2D eigenvalue weighted by atomic mass is 10.1. The van der Waals surface area contributed by atoms with Crippen LogP contribution in [0.25, 0.3) is 0 Å². The van der Waals surface area contributed by atoms with Gasteiger partial charge in [0.15, 0.2) is 0 Å². The lowest BCUT2D eigenvalue weighted by Crippen LogP contribution is -2.32. The molecule has 0 fully saturated rings. The fraction of sp³-hybridized carbons (Fsp3) is 0.320. The number of alkyl halides is 3. The van der Waals surface area contributed by atoms with Crippen LogP contribution in [0.4, 0.5) is 13.2 Å². The molecule has 0 aliphatic heterocycles. The second-order valence-electron chi connectivity index (χ2n) is 7.77. The number of benzene rings is 2. The van der Waals surface area contributed by atoms with Gasteiger partial charge in [-0.15, -0.1) is 0 Å². The first-order valence-electron chi connectivity index (χ1n) is 10.6. The van der Waals surface area contributed by atoms with Crippen LogP contribution in [0.1, 0.15) is 53.4 Å². The van der Waals surface area contributed by atoms with Crippen molar-refractivity contribution in [3.05, 3.63) is 94.3 Å². The van der Waals surface area contributed by atoms with Gasteiger partial charge in [0.1, 0.15) is 0 Å². The summed E-state index contributed by atoms with van der Waals surface area (Å²) in [6.07, 6.45) is 0.146. The Morgan fingerprint density at radius 1 is 1.03 bits per heavy atom. The maximum absolute atomic E-state index is 13.2. The van der Waals surface area contributed by atoms with Gasteiger partial charge in [-0.25, -0.2) is 0 Å². The highest BCUT2D eigenvalue weighted by atomic mass is 35.5. The van der Waals surface area contributed by atoms with Crippen molar-refractivity contribution < 1.29 is 18.0 Å². The topological polar surface area (TPSA) is 25.2 Å². The van der Waals surface area contributed by atoms with Gasteiger partial charge < -0.3 is 9.47 Å². The highest BCUT2D eigenvalue weighted by Gasteiger charge is 2.31. The number of unbranched alkanes of at least 4 members (excludes halogenated alkanes) is 2. The smallest absolute Gasteiger partial charge is 0.345 e. The molecule has 0 atom stereocenters. The number of hydrogen-bond acceptors (Lipinski definition) is 1. The molecule has 0 N–H and O–H groups in total. The van der Waals surface area contributed by atoms with E-state index in [1.807, 2.05) is 47.2 Å². The molecule has 1 heterocycles. The molecule has 7 heteroatoms. The predicted molar refractivity (Wildman–Crippen MR) is 121 cm³/mol. The number of halogens is 4. The SMILES string of the molecule is CCCCCN(Cc1cccn1Cc1cccc(Cl)c1)C(=O)c1cccc(C(F)(F)F)c1. The van der Waals surface area contributed by atoms with Gasteiger partial charge in [-0.05, 0) is 54.4 Å².